The second-order valence-electron chi connectivity index (χ2n) is 34.9. The van der Waals surface area contributed by atoms with Gasteiger partial charge in [0.2, 0.25) is 0 Å². The maximum absolute atomic E-state index is 15.8. The van der Waals surface area contributed by atoms with Crippen molar-refractivity contribution < 1.29 is 76.3 Å². The van der Waals surface area contributed by atoms with Crippen LogP contribution >= 0.6 is 0 Å². The molecule has 1 aliphatic rings. The van der Waals surface area contributed by atoms with Crippen molar-refractivity contribution in [2.45, 2.75) is 267 Å². The number of fused-ring (bicyclic) bond motifs is 11. The van der Waals surface area contributed by atoms with Gasteiger partial charge in [0, 0.05) is 27.0 Å². The van der Waals surface area contributed by atoms with Crippen molar-refractivity contribution in [1.82, 2.24) is 0 Å². The summed E-state index contributed by atoms with van der Waals surface area (Å²) in [5.74, 6) is -4.73. The number of hydrogen-bond donors (Lipinski definition) is 0. The second kappa shape index (κ2) is 39.7. The van der Waals surface area contributed by atoms with Crippen LogP contribution in [0.5, 0.6) is 0 Å². The number of unbranched alkanes of at least 4 members (excludes halogenated alkanes) is 18. The molecule has 0 saturated heterocycles. The third kappa shape index (κ3) is 16.4. The predicted octanol–water partition coefficient (Wildman–Crippen LogP) is 28.7. The molecule has 16 heteroatoms. The molecule has 15 rings (SSSR count). The molecule has 0 radical (unpaired) electrons. The summed E-state index contributed by atoms with van der Waals surface area (Å²) in [6, 6.07) is 31.6. The van der Waals surface area contributed by atoms with Gasteiger partial charge in [0.1, 0.15) is 0 Å². The first-order valence-electron chi connectivity index (χ1n) is 47.4. The van der Waals surface area contributed by atoms with Gasteiger partial charge in [-0.05, 0) is 267 Å². The van der Waals surface area contributed by atoms with Gasteiger partial charge < -0.3 is 37.9 Å². The van der Waals surface area contributed by atoms with E-state index in [-0.39, 0.29) is 97.4 Å². The zero-order valence-corrected chi connectivity index (χ0v) is 75.1. The smallest absolute Gasteiger partial charge is 0.338 e. The van der Waals surface area contributed by atoms with Crippen LogP contribution in [0.25, 0.3) is 140 Å². The summed E-state index contributed by atoms with van der Waals surface area (Å²) in [6.07, 6.45) is 24.9. The van der Waals surface area contributed by atoms with Gasteiger partial charge in [-0.2, -0.15) is 0 Å². The number of carbonyl (C=O) groups is 8. The number of ether oxygens (including phenoxy) is 8. The molecule has 0 aromatic heterocycles. The van der Waals surface area contributed by atoms with E-state index in [9.17, 15) is 0 Å². The highest BCUT2D eigenvalue weighted by Crippen LogP contribution is 2.61. The van der Waals surface area contributed by atoms with Gasteiger partial charge >= 0.3 is 47.8 Å². The standard InChI is InChI=1S/C109H122O16/c1-11-21-31-33-35-37-47-109(48-38-36-34-32-22-12-2)87-63-75-73(79-59-83(105(114)122-53-27-17-7)89-69(101(110)118-49-23-13-3)43-39-65-67-41-45-71(103(112)120-51-25-15-5)91-85(107(116)124-55-29-19-9)61-81(75)99(95(67)91)97(79)93(65)89)57-77(87)78-58-74-76(64-88(78)109)82-62-86(108(117)125-56-30-20-10)92-72(104(113)121-52-26-16-6)46-42-68-66-40-44-70(102(111)119-50-24-14-4)90-84(106(115)123-54-28-18-8)60-80(74)98(94(66)90)100(82)96(68)92/h39-46,57-64H,11-38,47-56H2,1-10H3. The fourth-order valence-electron chi connectivity index (χ4n) is 20.0. The zero-order chi connectivity index (χ0) is 87.7. The summed E-state index contributed by atoms with van der Waals surface area (Å²) in [6.45, 7) is 22.0. The lowest BCUT2D eigenvalue weighted by Crippen LogP contribution is -2.25. The molecule has 0 spiro atoms. The maximum Gasteiger partial charge on any atom is 0.338 e. The SMILES string of the molecule is CCCCCCCCC1(CCCCCCCC)c2cc3c(cc2-c2cc4c(cc21)c1cc(C(=O)OCCCC)c2c(C(=O)OCCCC)ccc5c6ccc(C(=O)OCCCC)c7c(C(=O)OCCCC)cc4c(c76)c1c25)c1cc(C(=O)OCCCC)c2c(C(=O)OCCCC)ccc4c5ccc(C(=O)OCCCC)c6c(C(=O)OCCCC)cc3c(c65)c1c24. The first kappa shape index (κ1) is 88.8. The molecule has 0 atom stereocenters. The van der Waals surface area contributed by atoms with Crippen LogP contribution in [0, 0.1) is 0 Å². The molecule has 0 aliphatic heterocycles. The molecule has 16 nitrogen and oxygen atoms in total. The highest BCUT2D eigenvalue weighted by molar-refractivity contribution is 6.50. The third-order valence-corrected chi connectivity index (χ3v) is 26.5. The van der Waals surface area contributed by atoms with Crippen LogP contribution in [0.1, 0.15) is 356 Å². The Morgan fingerprint density at radius 2 is 0.384 bits per heavy atom. The maximum atomic E-state index is 15.8. The second-order valence-corrected chi connectivity index (χ2v) is 34.9. The largest absolute Gasteiger partial charge is 0.462 e. The van der Waals surface area contributed by atoms with Gasteiger partial charge in [-0.1, -0.05) is 222 Å². The van der Waals surface area contributed by atoms with Crippen molar-refractivity contribution in [3.05, 3.63) is 153 Å². The monoisotopic (exact) mass is 1690 g/mol. The lowest BCUT2D eigenvalue weighted by Gasteiger charge is -2.34. The van der Waals surface area contributed by atoms with Crippen molar-refractivity contribution in [3.8, 4) is 11.1 Å². The summed E-state index contributed by atoms with van der Waals surface area (Å²) >= 11 is 0. The molecule has 125 heavy (non-hydrogen) atoms. The van der Waals surface area contributed by atoms with Crippen molar-refractivity contribution in [3.63, 3.8) is 0 Å². The van der Waals surface area contributed by atoms with Crippen LogP contribution in [-0.2, 0) is 43.3 Å². The molecule has 0 heterocycles. The fraction of sp³-hybridized carbons (Fsp3) is 0.450. The van der Waals surface area contributed by atoms with Crippen LogP contribution in [-0.4, -0.2) is 101 Å². The molecule has 0 amide bonds. The van der Waals surface area contributed by atoms with E-state index in [0.29, 0.717) is 148 Å². The van der Waals surface area contributed by atoms with Gasteiger partial charge in [0.15, 0.2) is 0 Å². The summed E-state index contributed by atoms with van der Waals surface area (Å²) in [7, 11) is 0. The average Bonchev–Trinajstić information content (AvgIpc) is 1.66. The molecule has 14 aromatic carbocycles. The molecule has 654 valence electrons. The number of esters is 8. The lowest BCUT2D eigenvalue weighted by molar-refractivity contribution is 0.0485. The summed E-state index contributed by atoms with van der Waals surface area (Å²) in [5, 5.41) is 15.5. The van der Waals surface area contributed by atoms with E-state index in [0.717, 1.165) is 196 Å². The molecule has 0 fully saturated rings. The van der Waals surface area contributed by atoms with E-state index in [2.05, 4.69) is 38.1 Å². The number of benzene rings is 14. The van der Waals surface area contributed by atoms with Crippen molar-refractivity contribution in [2.75, 3.05) is 52.9 Å². The van der Waals surface area contributed by atoms with Crippen LogP contribution < -0.4 is 0 Å². The van der Waals surface area contributed by atoms with Crippen molar-refractivity contribution in [1.29, 1.82) is 0 Å². The van der Waals surface area contributed by atoms with Crippen LogP contribution in [0.3, 0.4) is 0 Å². The zero-order valence-electron chi connectivity index (χ0n) is 75.1. The number of rotatable bonds is 46. The topological polar surface area (TPSA) is 210 Å². The van der Waals surface area contributed by atoms with E-state index < -0.39 is 53.2 Å². The normalized spacial score (nSPS) is 12.7. The molecule has 0 N–H and O–H groups in total. The molecule has 0 unspecified atom stereocenters. The highest BCUT2D eigenvalue weighted by Gasteiger charge is 2.45. The van der Waals surface area contributed by atoms with Crippen molar-refractivity contribution in [2.24, 2.45) is 0 Å². The van der Waals surface area contributed by atoms with Gasteiger partial charge in [-0.3, -0.25) is 0 Å². The fourth-order valence-corrected chi connectivity index (χ4v) is 20.0. The highest BCUT2D eigenvalue weighted by atomic mass is 16.6. The van der Waals surface area contributed by atoms with Crippen LogP contribution in [0.4, 0.5) is 0 Å². The molecule has 1 aliphatic carbocycles. The van der Waals surface area contributed by atoms with Crippen molar-refractivity contribution >= 4 is 177 Å². The Kier molecular flexibility index (Phi) is 28.2. The van der Waals surface area contributed by atoms with Gasteiger partial charge in [-0.25, -0.2) is 38.4 Å². The predicted molar refractivity (Wildman–Crippen MR) is 505 cm³/mol. The quantitative estimate of drug-likeness (QED) is 0.0114. The number of hydrogen-bond acceptors (Lipinski definition) is 16. The first-order valence-corrected chi connectivity index (χ1v) is 47.4. The Morgan fingerprint density at radius 1 is 0.192 bits per heavy atom. The van der Waals surface area contributed by atoms with E-state index in [1.165, 1.54) is 0 Å². The van der Waals surface area contributed by atoms with Gasteiger partial charge in [-0.15, -0.1) is 0 Å². The minimum atomic E-state index is -0.742. The van der Waals surface area contributed by atoms with Crippen LogP contribution in [0.15, 0.2) is 97.1 Å². The minimum absolute atomic E-state index is 0.129. The van der Waals surface area contributed by atoms with Gasteiger partial charge in [0.05, 0.1) is 97.4 Å². The lowest BCUT2D eigenvalue weighted by atomic mass is 9.69. The van der Waals surface area contributed by atoms with E-state index >= 15 is 38.4 Å². The Bertz CT molecular complexity index is 6010. The summed E-state index contributed by atoms with van der Waals surface area (Å²) in [5.41, 5.74) is 4.86. The molecule has 0 bridgehead atoms. The molecule has 0 saturated carbocycles. The van der Waals surface area contributed by atoms with Gasteiger partial charge in [0.25, 0.3) is 0 Å². The molecular weight excluding hydrogens is 1570 g/mol. The third-order valence-electron chi connectivity index (χ3n) is 26.5. The minimum Gasteiger partial charge on any atom is -0.462 e. The van der Waals surface area contributed by atoms with E-state index in [4.69, 9.17) is 37.9 Å². The first-order chi connectivity index (χ1) is 61.0. The van der Waals surface area contributed by atoms with Crippen LogP contribution in [0.2, 0.25) is 0 Å². The Balaban J connectivity index is 1.16. The molecular formula is C109H122O16. The summed E-state index contributed by atoms with van der Waals surface area (Å²) < 4.78 is 50.0. The van der Waals surface area contributed by atoms with E-state index in [1.54, 1.807) is 24.3 Å². The summed E-state index contributed by atoms with van der Waals surface area (Å²) in [4.78, 5) is 123. The molecule has 14 aromatic rings. The number of carbonyl (C=O) groups excluding carboxylic acids is 8. The van der Waals surface area contributed by atoms with E-state index in [1.807, 2.05) is 104 Å². The Labute approximate surface area is 733 Å². The Morgan fingerprint density at radius 3 is 0.608 bits per heavy atom. The average molecular weight is 1690 g/mol. The Hall–Kier alpha value is -11.0.